The van der Waals surface area contributed by atoms with Crippen molar-refractivity contribution in [3.8, 4) is 22.6 Å². The van der Waals surface area contributed by atoms with E-state index >= 15 is 0 Å². The van der Waals surface area contributed by atoms with Gasteiger partial charge in [-0.2, -0.15) is 0 Å². The van der Waals surface area contributed by atoms with Crippen molar-refractivity contribution in [3.05, 3.63) is 158 Å². The van der Waals surface area contributed by atoms with Crippen molar-refractivity contribution in [2.75, 3.05) is 4.90 Å². The van der Waals surface area contributed by atoms with E-state index < -0.39 is 0 Å². The van der Waals surface area contributed by atoms with Gasteiger partial charge in [-0.25, -0.2) is 4.98 Å². The van der Waals surface area contributed by atoms with Crippen molar-refractivity contribution < 1.29 is 8.83 Å². The summed E-state index contributed by atoms with van der Waals surface area (Å²) >= 11 is 1.85. The normalized spacial score (nSPS) is 11.8. The molecule has 0 saturated carbocycles. The molecule has 10 aromatic rings. The van der Waals surface area contributed by atoms with E-state index in [-0.39, 0.29) is 0 Å². The molecule has 0 aliphatic carbocycles. The topological polar surface area (TPSA) is 42.4 Å². The summed E-state index contributed by atoms with van der Waals surface area (Å²) in [5.41, 5.74) is 9.27. The number of oxazole rings is 1. The first-order chi connectivity index (χ1) is 23.8. The Bertz CT molecular complexity index is 2780. The van der Waals surface area contributed by atoms with Crippen LogP contribution in [0.15, 0.2) is 167 Å². The third-order valence-electron chi connectivity index (χ3n) is 9.10. The Labute approximate surface area is 279 Å². The summed E-state index contributed by atoms with van der Waals surface area (Å²) in [7, 11) is 0. The number of furan rings is 1. The molecule has 0 saturated heterocycles. The van der Waals surface area contributed by atoms with Crippen LogP contribution in [0.4, 0.5) is 17.1 Å². The SMILES string of the molecule is c1ccc(-c2nc3c(o2)c(N(c2ccccc2)c2ccc(-c4cccc5c4sc4ccccc45)cc2)cc2oc4ccccc4c23)cc1. The number of rotatable bonds is 5. The van der Waals surface area contributed by atoms with Crippen LogP contribution in [-0.4, -0.2) is 4.98 Å². The predicted molar refractivity (Wildman–Crippen MR) is 200 cm³/mol. The number of para-hydroxylation sites is 2. The zero-order chi connectivity index (χ0) is 31.6. The number of benzene rings is 7. The molecule has 48 heavy (non-hydrogen) atoms. The first kappa shape index (κ1) is 27.0. The number of thiophene rings is 1. The van der Waals surface area contributed by atoms with Gasteiger partial charge in [0.05, 0.1) is 11.1 Å². The van der Waals surface area contributed by atoms with Crippen molar-refractivity contribution in [3.63, 3.8) is 0 Å². The number of aromatic nitrogens is 1. The number of hydrogen-bond donors (Lipinski definition) is 0. The smallest absolute Gasteiger partial charge is 0.227 e. The minimum absolute atomic E-state index is 0.574. The zero-order valence-corrected chi connectivity index (χ0v) is 26.4. The van der Waals surface area contributed by atoms with Crippen molar-refractivity contribution in [1.82, 2.24) is 4.98 Å². The molecule has 0 aliphatic rings. The number of nitrogens with zero attached hydrogens (tertiary/aromatic N) is 2. The average Bonchev–Trinajstić information content (AvgIpc) is 3.86. The standard InChI is InChI=1S/C43H26N2O2S/c1-3-12-28(13-4-1)43-44-40-39-34-17-7-9-20-36(34)46-37(39)26-35(41(40)47-43)45(29-14-5-2-6-15-29)30-24-22-27(23-25-30)31-18-11-19-33-32-16-8-10-21-38(32)48-42(31)33/h1-26H. The Balaban J connectivity index is 1.19. The van der Waals surface area contributed by atoms with Crippen LogP contribution in [0.25, 0.3) is 75.8 Å². The monoisotopic (exact) mass is 634 g/mol. The van der Waals surface area contributed by atoms with Gasteiger partial charge in [-0.1, -0.05) is 103 Å². The second kappa shape index (κ2) is 10.7. The minimum atomic E-state index is 0.574. The van der Waals surface area contributed by atoms with E-state index in [1.807, 2.05) is 65.9 Å². The molecule has 0 amide bonds. The van der Waals surface area contributed by atoms with Gasteiger partial charge in [0.15, 0.2) is 5.58 Å². The lowest BCUT2D eigenvalue weighted by molar-refractivity contribution is 0.619. The van der Waals surface area contributed by atoms with E-state index in [1.54, 1.807) is 0 Å². The Hall–Kier alpha value is -6.17. The van der Waals surface area contributed by atoms with Crippen molar-refractivity contribution in [2.45, 2.75) is 0 Å². The van der Waals surface area contributed by atoms with Gasteiger partial charge >= 0.3 is 0 Å². The van der Waals surface area contributed by atoms with Gasteiger partial charge in [0.2, 0.25) is 5.89 Å². The summed E-state index contributed by atoms with van der Waals surface area (Å²) in [6.45, 7) is 0. The Morgan fingerprint density at radius 3 is 2.04 bits per heavy atom. The molecule has 0 bridgehead atoms. The highest BCUT2D eigenvalue weighted by Gasteiger charge is 2.25. The summed E-state index contributed by atoms with van der Waals surface area (Å²) in [6.07, 6.45) is 0. The van der Waals surface area contributed by atoms with Crippen LogP contribution in [-0.2, 0) is 0 Å². The van der Waals surface area contributed by atoms with Gasteiger partial charge in [-0.05, 0) is 59.7 Å². The average molecular weight is 635 g/mol. The van der Waals surface area contributed by atoms with Crippen LogP contribution < -0.4 is 4.90 Å². The van der Waals surface area contributed by atoms with Gasteiger partial charge in [0, 0.05) is 48.6 Å². The van der Waals surface area contributed by atoms with E-state index in [0.29, 0.717) is 11.5 Å². The number of hydrogen-bond acceptors (Lipinski definition) is 5. The van der Waals surface area contributed by atoms with Crippen LogP contribution in [0, 0.1) is 0 Å². The lowest BCUT2D eigenvalue weighted by Crippen LogP contribution is -2.10. The molecule has 10 rings (SSSR count). The second-order valence-corrected chi connectivity index (χ2v) is 13.0. The van der Waals surface area contributed by atoms with Crippen LogP contribution in [0.3, 0.4) is 0 Å². The van der Waals surface area contributed by atoms with Crippen LogP contribution in [0.1, 0.15) is 0 Å². The molecule has 0 aliphatic heterocycles. The summed E-state index contributed by atoms with van der Waals surface area (Å²) in [5, 5.41) is 4.57. The van der Waals surface area contributed by atoms with E-state index in [2.05, 4.69) is 108 Å². The first-order valence-electron chi connectivity index (χ1n) is 16.0. The van der Waals surface area contributed by atoms with Crippen molar-refractivity contribution >= 4 is 81.6 Å². The van der Waals surface area contributed by atoms with Crippen LogP contribution >= 0.6 is 11.3 Å². The molecule has 0 fully saturated rings. The lowest BCUT2D eigenvalue weighted by Gasteiger charge is -2.25. The van der Waals surface area contributed by atoms with E-state index in [0.717, 1.165) is 50.1 Å². The van der Waals surface area contributed by atoms with Gasteiger partial charge in [-0.15, -0.1) is 11.3 Å². The second-order valence-electron chi connectivity index (χ2n) is 11.9. The Morgan fingerprint density at radius 1 is 0.521 bits per heavy atom. The highest BCUT2D eigenvalue weighted by atomic mass is 32.1. The van der Waals surface area contributed by atoms with Crippen molar-refractivity contribution in [2.24, 2.45) is 0 Å². The molecule has 5 heteroatoms. The molecule has 0 radical (unpaired) electrons. The Kier molecular flexibility index (Phi) is 6.01. The fourth-order valence-corrected chi connectivity index (χ4v) is 8.14. The summed E-state index contributed by atoms with van der Waals surface area (Å²) < 4.78 is 15.8. The largest absolute Gasteiger partial charge is 0.456 e. The van der Waals surface area contributed by atoms with E-state index in [4.69, 9.17) is 13.8 Å². The first-order valence-corrected chi connectivity index (χ1v) is 16.8. The molecule has 0 N–H and O–H groups in total. The molecule has 7 aromatic carbocycles. The fraction of sp³-hybridized carbons (Fsp3) is 0. The third-order valence-corrected chi connectivity index (χ3v) is 10.3. The molecule has 0 atom stereocenters. The molecule has 0 spiro atoms. The maximum Gasteiger partial charge on any atom is 0.227 e. The maximum atomic E-state index is 6.71. The van der Waals surface area contributed by atoms with Gasteiger partial charge in [0.1, 0.15) is 16.7 Å². The predicted octanol–water partition coefficient (Wildman–Crippen LogP) is 12.9. The van der Waals surface area contributed by atoms with Crippen LogP contribution in [0.2, 0.25) is 0 Å². The van der Waals surface area contributed by atoms with Gasteiger partial charge < -0.3 is 13.7 Å². The number of anilines is 3. The molecule has 4 nitrogen and oxygen atoms in total. The fourth-order valence-electron chi connectivity index (χ4n) is 6.90. The highest BCUT2D eigenvalue weighted by Crippen LogP contribution is 2.46. The van der Waals surface area contributed by atoms with Gasteiger partial charge in [0.25, 0.3) is 0 Å². The lowest BCUT2D eigenvalue weighted by atomic mass is 10.0. The Morgan fingerprint density at radius 2 is 1.21 bits per heavy atom. The minimum Gasteiger partial charge on any atom is -0.456 e. The van der Waals surface area contributed by atoms with Crippen molar-refractivity contribution in [1.29, 1.82) is 0 Å². The molecule has 0 unspecified atom stereocenters. The van der Waals surface area contributed by atoms with E-state index in [9.17, 15) is 0 Å². The van der Waals surface area contributed by atoms with E-state index in [1.165, 1.54) is 31.3 Å². The molecule has 3 heterocycles. The maximum absolute atomic E-state index is 6.71. The third kappa shape index (κ3) is 4.18. The summed E-state index contributed by atoms with van der Waals surface area (Å²) in [6, 6.07) is 54.8. The van der Waals surface area contributed by atoms with Gasteiger partial charge in [-0.3, -0.25) is 0 Å². The summed E-state index contributed by atoms with van der Waals surface area (Å²) in [4.78, 5) is 7.35. The molecule has 226 valence electrons. The zero-order valence-electron chi connectivity index (χ0n) is 25.6. The molecular weight excluding hydrogens is 609 g/mol. The molecular formula is C43H26N2O2S. The molecule has 3 aromatic heterocycles. The summed E-state index contributed by atoms with van der Waals surface area (Å²) in [5.74, 6) is 0.574. The number of fused-ring (bicyclic) bond motifs is 8. The quantitative estimate of drug-likeness (QED) is 0.189. The van der Waals surface area contributed by atoms with Crippen LogP contribution in [0.5, 0.6) is 0 Å². The highest BCUT2D eigenvalue weighted by molar-refractivity contribution is 7.26.